The minimum absolute atomic E-state index is 0.117. The number of amides is 1. The molecule has 6 nitrogen and oxygen atoms in total. The number of halogens is 1. The van der Waals surface area contributed by atoms with Crippen molar-refractivity contribution in [2.24, 2.45) is 0 Å². The standard InChI is InChI=1S/C12H16FN3O3/c1-8-6-10(13)11(16(18)19)7-9(8)12(17)14-4-5-15(2)3/h6-7H,4-5H2,1-3H3,(H,14,17). The largest absolute Gasteiger partial charge is 0.351 e. The van der Waals surface area contributed by atoms with Gasteiger partial charge in [0.05, 0.1) is 4.92 Å². The van der Waals surface area contributed by atoms with Crippen molar-refractivity contribution in [3.05, 3.63) is 39.2 Å². The van der Waals surface area contributed by atoms with Gasteiger partial charge in [0.2, 0.25) is 5.82 Å². The Morgan fingerprint density at radius 1 is 1.47 bits per heavy atom. The number of hydrogen-bond donors (Lipinski definition) is 1. The molecular weight excluding hydrogens is 253 g/mol. The van der Waals surface area contributed by atoms with Gasteiger partial charge in [-0.2, -0.15) is 4.39 Å². The summed E-state index contributed by atoms with van der Waals surface area (Å²) in [5.41, 5.74) is -0.208. The number of nitro groups is 1. The van der Waals surface area contributed by atoms with Crippen LogP contribution in [0.5, 0.6) is 0 Å². The van der Waals surface area contributed by atoms with E-state index in [4.69, 9.17) is 0 Å². The summed E-state index contributed by atoms with van der Waals surface area (Å²) in [4.78, 5) is 23.5. The fourth-order valence-corrected chi connectivity index (χ4v) is 1.53. The van der Waals surface area contributed by atoms with E-state index in [-0.39, 0.29) is 5.56 Å². The van der Waals surface area contributed by atoms with E-state index in [1.165, 1.54) is 6.92 Å². The minimum atomic E-state index is -0.938. The number of carbonyl (C=O) groups excluding carboxylic acids is 1. The Labute approximate surface area is 110 Å². The topological polar surface area (TPSA) is 75.5 Å². The summed E-state index contributed by atoms with van der Waals surface area (Å²) in [7, 11) is 3.72. The van der Waals surface area contributed by atoms with Crippen LogP contribution >= 0.6 is 0 Å². The molecule has 0 saturated heterocycles. The molecule has 1 N–H and O–H groups in total. The maximum atomic E-state index is 13.3. The SMILES string of the molecule is Cc1cc(F)c([N+](=O)[O-])cc1C(=O)NCCN(C)C. The van der Waals surface area contributed by atoms with Gasteiger partial charge < -0.3 is 10.2 Å². The molecule has 0 saturated carbocycles. The number of hydrogen-bond acceptors (Lipinski definition) is 4. The number of nitro benzene ring substituents is 1. The van der Waals surface area contributed by atoms with Crippen LogP contribution in [-0.4, -0.2) is 42.9 Å². The van der Waals surface area contributed by atoms with Crippen LogP contribution in [-0.2, 0) is 0 Å². The van der Waals surface area contributed by atoms with Crippen LogP contribution in [0.2, 0.25) is 0 Å². The van der Waals surface area contributed by atoms with Gasteiger partial charge in [-0.25, -0.2) is 0 Å². The smallest absolute Gasteiger partial charge is 0.305 e. The van der Waals surface area contributed by atoms with Crippen LogP contribution in [0.4, 0.5) is 10.1 Å². The molecule has 1 aromatic carbocycles. The lowest BCUT2D eigenvalue weighted by atomic mass is 10.1. The molecule has 0 aliphatic carbocycles. The molecule has 0 aromatic heterocycles. The molecular formula is C12H16FN3O3. The summed E-state index contributed by atoms with van der Waals surface area (Å²) in [6.07, 6.45) is 0. The highest BCUT2D eigenvalue weighted by Crippen LogP contribution is 2.21. The summed E-state index contributed by atoms with van der Waals surface area (Å²) >= 11 is 0. The first kappa shape index (κ1) is 15.0. The number of benzene rings is 1. The molecule has 19 heavy (non-hydrogen) atoms. The highest BCUT2D eigenvalue weighted by molar-refractivity contribution is 5.96. The fraction of sp³-hybridized carbons (Fsp3) is 0.417. The van der Waals surface area contributed by atoms with Gasteiger partial charge in [-0.3, -0.25) is 14.9 Å². The number of rotatable bonds is 5. The van der Waals surface area contributed by atoms with Crippen molar-refractivity contribution in [3.63, 3.8) is 0 Å². The number of aryl methyl sites for hydroxylation is 1. The van der Waals surface area contributed by atoms with Gasteiger partial charge >= 0.3 is 5.69 Å². The van der Waals surface area contributed by atoms with Crippen molar-refractivity contribution < 1.29 is 14.1 Å². The van der Waals surface area contributed by atoms with Crippen molar-refractivity contribution in [1.82, 2.24) is 10.2 Å². The Balaban J connectivity index is 2.90. The Morgan fingerprint density at radius 2 is 2.11 bits per heavy atom. The van der Waals surface area contributed by atoms with Crippen molar-refractivity contribution in [3.8, 4) is 0 Å². The highest BCUT2D eigenvalue weighted by Gasteiger charge is 2.20. The van der Waals surface area contributed by atoms with E-state index < -0.39 is 22.3 Å². The molecule has 1 aromatic rings. The first-order chi connectivity index (χ1) is 8.82. The second kappa shape index (κ2) is 6.24. The Hall–Kier alpha value is -2.02. The lowest BCUT2D eigenvalue weighted by Gasteiger charge is -2.11. The van der Waals surface area contributed by atoms with E-state index in [2.05, 4.69) is 5.32 Å². The van der Waals surface area contributed by atoms with Crippen molar-refractivity contribution >= 4 is 11.6 Å². The Bertz CT molecular complexity index is 503. The van der Waals surface area contributed by atoms with Gasteiger partial charge in [0.25, 0.3) is 5.91 Å². The molecule has 104 valence electrons. The number of likely N-dealkylation sites (N-methyl/N-ethyl adjacent to an activating group) is 1. The molecule has 0 bridgehead atoms. The van der Waals surface area contributed by atoms with Gasteiger partial charge in [0.15, 0.2) is 0 Å². The van der Waals surface area contributed by atoms with Gasteiger partial charge in [-0.05, 0) is 32.6 Å². The summed E-state index contributed by atoms with van der Waals surface area (Å²) in [5, 5.41) is 13.3. The average Bonchev–Trinajstić information content (AvgIpc) is 2.27. The number of nitrogens with one attached hydrogen (secondary N) is 1. The maximum Gasteiger partial charge on any atom is 0.305 e. The van der Waals surface area contributed by atoms with Crippen LogP contribution in [0.15, 0.2) is 12.1 Å². The van der Waals surface area contributed by atoms with Crippen LogP contribution in [0.25, 0.3) is 0 Å². The molecule has 1 rings (SSSR count). The second-order valence-electron chi connectivity index (χ2n) is 4.43. The molecule has 0 radical (unpaired) electrons. The molecule has 1 amide bonds. The molecule has 0 aliphatic heterocycles. The maximum absolute atomic E-state index is 13.3. The monoisotopic (exact) mass is 269 g/mol. The molecule has 0 fully saturated rings. The zero-order chi connectivity index (χ0) is 14.6. The van der Waals surface area contributed by atoms with Gasteiger partial charge in [-0.15, -0.1) is 0 Å². The number of nitrogens with zero attached hydrogens (tertiary/aromatic N) is 2. The normalized spacial score (nSPS) is 10.6. The van der Waals surface area contributed by atoms with E-state index in [1.807, 2.05) is 19.0 Å². The summed E-state index contributed by atoms with van der Waals surface area (Å²) in [6.45, 7) is 2.60. The van der Waals surface area contributed by atoms with Gasteiger partial charge in [-0.1, -0.05) is 0 Å². The Morgan fingerprint density at radius 3 is 2.63 bits per heavy atom. The third kappa shape index (κ3) is 3.99. The summed E-state index contributed by atoms with van der Waals surface area (Å²) in [6, 6.07) is 1.97. The zero-order valence-corrected chi connectivity index (χ0v) is 11.1. The predicted molar refractivity (Wildman–Crippen MR) is 68.7 cm³/mol. The zero-order valence-electron chi connectivity index (χ0n) is 11.1. The van der Waals surface area contributed by atoms with Crippen LogP contribution in [0.1, 0.15) is 15.9 Å². The third-order valence-corrected chi connectivity index (χ3v) is 2.58. The molecule has 0 unspecified atom stereocenters. The molecule has 7 heteroatoms. The van der Waals surface area contributed by atoms with E-state index in [0.717, 1.165) is 12.1 Å². The first-order valence-corrected chi connectivity index (χ1v) is 5.70. The molecule has 0 heterocycles. The fourth-order valence-electron chi connectivity index (χ4n) is 1.53. The minimum Gasteiger partial charge on any atom is -0.351 e. The van der Waals surface area contributed by atoms with Gasteiger partial charge in [0.1, 0.15) is 0 Å². The van der Waals surface area contributed by atoms with E-state index in [0.29, 0.717) is 18.7 Å². The van der Waals surface area contributed by atoms with E-state index in [9.17, 15) is 19.3 Å². The molecule has 0 spiro atoms. The highest BCUT2D eigenvalue weighted by atomic mass is 19.1. The third-order valence-electron chi connectivity index (χ3n) is 2.58. The lowest BCUT2D eigenvalue weighted by molar-refractivity contribution is -0.387. The van der Waals surface area contributed by atoms with Crippen LogP contribution in [0.3, 0.4) is 0 Å². The summed E-state index contributed by atoms with van der Waals surface area (Å²) < 4.78 is 13.3. The van der Waals surface area contributed by atoms with Crippen LogP contribution in [0, 0.1) is 22.9 Å². The first-order valence-electron chi connectivity index (χ1n) is 5.70. The van der Waals surface area contributed by atoms with Crippen LogP contribution < -0.4 is 5.32 Å². The molecule has 0 aliphatic rings. The van der Waals surface area contributed by atoms with Crippen molar-refractivity contribution in [2.75, 3.05) is 27.2 Å². The average molecular weight is 269 g/mol. The quantitative estimate of drug-likeness (QED) is 0.646. The van der Waals surface area contributed by atoms with E-state index >= 15 is 0 Å². The van der Waals surface area contributed by atoms with Crippen molar-refractivity contribution in [2.45, 2.75) is 6.92 Å². The van der Waals surface area contributed by atoms with Crippen molar-refractivity contribution in [1.29, 1.82) is 0 Å². The predicted octanol–water partition coefficient (Wildman–Crippen LogP) is 1.33. The number of carbonyl (C=O) groups is 1. The lowest BCUT2D eigenvalue weighted by Crippen LogP contribution is -2.31. The van der Waals surface area contributed by atoms with Gasteiger partial charge in [0, 0.05) is 24.7 Å². The Kier molecular flexibility index (Phi) is 4.94. The van der Waals surface area contributed by atoms with E-state index in [1.54, 1.807) is 0 Å². The second-order valence-corrected chi connectivity index (χ2v) is 4.43. The molecule has 0 atom stereocenters. The summed E-state index contributed by atoms with van der Waals surface area (Å²) in [5.74, 6) is -1.38.